The van der Waals surface area contributed by atoms with Crippen molar-refractivity contribution in [3.05, 3.63) is 69.1 Å². The summed E-state index contributed by atoms with van der Waals surface area (Å²) in [5, 5.41) is 10.1. The number of hydrogen-bond acceptors (Lipinski definition) is 3. The van der Waals surface area contributed by atoms with E-state index in [2.05, 4.69) is 24.3 Å². The number of benzene rings is 1. The van der Waals surface area contributed by atoms with Gasteiger partial charge in [-0.3, -0.25) is 4.79 Å². The third kappa shape index (κ3) is 3.78. The van der Waals surface area contributed by atoms with Gasteiger partial charge >= 0.3 is 0 Å². The number of aromatic nitrogens is 2. The molecule has 2 heterocycles. The van der Waals surface area contributed by atoms with Crippen LogP contribution in [0.15, 0.2) is 48.0 Å². The van der Waals surface area contributed by atoms with Crippen molar-refractivity contribution in [3.63, 3.8) is 0 Å². The highest BCUT2D eigenvalue weighted by molar-refractivity contribution is 7.10. The van der Waals surface area contributed by atoms with E-state index >= 15 is 0 Å². The molecule has 0 spiro atoms. The first-order chi connectivity index (χ1) is 12.0. The highest BCUT2D eigenvalue weighted by Gasteiger charge is 2.22. The zero-order valence-electron chi connectivity index (χ0n) is 14.4. The Labute approximate surface area is 156 Å². The van der Waals surface area contributed by atoms with Crippen LogP contribution in [0.5, 0.6) is 0 Å². The normalized spacial score (nSPS) is 12.4. The van der Waals surface area contributed by atoms with E-state index < -0.39 is 0 Å². The molecule has 0 aliphatic heterocycles. The molecule has 3 rings (SSSR count). The summed E-state index contributed by atoms with van der Waals surface area (Å²) in [4.78, 5) is 13.9. The number of hydrogen-bond donors (Lipinski definition) is 1. The van der Waals surface area contributed by atoms with Gasteiger partial charge in [0.1, 0.15) is 0 Å². The zero-order valence-corrected chi connectivity index (χ0v) is 15.9. The summed E-state index contributed by atoms with van der Waals surface area (Å²) in [5.74, 6) is 0.0251. The number of nitrogens with one attached hydrogen (secondary N) is 1. The second kappa shape index (κ2) is 7.42. The smallest absolute Gasteiger partial charge is 0.255 e. The molecule has 3 aromatic rings. The maximum Gasteiger partial charge on any atom is 0.255 e. The van der Waals surface area contributed by atoms with E-state index in [4.69, 9.17) is 11.6 Å². The molecule has 1 atom stereocenters. The number of rotatable bonds is 5. The minimum Gasteiger partial charge on any atom is -0.345 e. The van der Waals surface area contributed by atoms with Gasteiger partial charge in [0.2, 0.25) is 0 Å². The number of carbonyl (C=O) groups is 1. The average molecular weight is 374 g/mol. The fourth-order valence-corrected chi connectivity index (χ4v) is 3.70. The van der Waals surface area contributed by atoms with Crippen molar-refractivity contribution in [3.8, 4) is 5.69 Å². The summed E-state index contributed by atoms with van der Waals surface area (Å²) in [7, 11) is 0. The lowest BCUT2D eigenvalue weighted by molar-refractivity contribution is 0.0939. The van der Waals surface area contributed by atoms with Gasteiger partial charge in [-0.05, 0) is 42.5 Å². The van der Waals surface area contributed by atoms with Crippen LogP contribution in [-0.2, 0) is 0 Å². The number of halogens is 1. The molecule has 0 aliphatic rings. The molecule has 0 bridgehead atoms. The summed E-state index contributed by atoms with van der Waals surface area (Å²) < 4.78 is 1.79. The van der Waals surface area contributed by atoms with E-state index in [0.717, 1.165) is 16.3 Å². The minimum atomic E-state index is -0.113. The Hall–Kier alpha value is -2.11. The zero-order chi connectivity index (χ0) is 18.0. The van der Waals surface area contributed by atoms with E-state index in [1.165, 1.54) is 0 Å². The molecule has 25 heavy (non-hydrogen) atoms. The van der Waals surface area contributed by atoms with Crippen molar-refractivity contribution in [1.29, 1.82) is 0 Å². The molecule has 130 valence electrons. The quantitative estimate of drug-likeness (QED) is 0.668. The minimum absolute atomic E-state index is 0.0398. The number of amides is 1. The lowest BCUT2D eigenvalue weighted by atomic mass is 10.0. The summed E-state index contributed by atoms with van der Waals surface area (Å²) in [5.41, 5.74) is 2.32. The molecule has 1 N–H and O–H groups in total. The van der Waals surface area contributed by atoms with E-state index in [-0.39, 0.29) is 17.9 Å². The fraction of sp³-hybridized carbons (Fsp3) is 0.263. The van der Waals surface area contributed by atoms with Crippen LogP contribution < -0.4 is 5.32 Å². The van der Waals surface area contributed by atoms with Crippen molar-refractivity contribution < 1.29 is 4.79 Å². The number of thiophene rings is 1. The molecule has 0 fully saturated rings. The monoisotopic (exact) mass is 373 g/mol. The molecule has 2 aromatic heterocycles. The van der Waals surface area contributed by atoms with Crippen LogP contribution in [0.2, 0.25) is 5.02 Å². The Kier molecular flexibility index (Phi) is 5.25. The predicted octanol–water partition coefficient (Wildman–Crippen LogP) is 5.20. The van der Waals surface area contributed by atoms with Gasteiger partial charge in [-0.15, -0.1) is 11.3 Å². The summed E-state index contributed by atoms with van der Waals surface area (Å²) >= 11 is 7.73. The molecule has 0 radical (unpaired) electrons. The first-order valence-electron chi connectivity index (χ1n) is 8.15. The van der Waals surface area contributed by atoms with E-state index in [1.807, 2.05) is 48.7 Å². The first-order valence-corrected chi connectivity index (χ1v) is 9.41. The number of nitrogens with zero attached hydrogens (tertiary/aromatic N) is 2. The maximum absolute atomic E-state index is 12.8. The molecule has 0 aliphatic carbocycles. The van der Waals surface area contributed by atoms with Crippen molar-refractivity contribution in [2.75, 3.05) is 0 Å². The molecule has 1 unspecified atom stereocenters. The molecule has 1 amide bonds. The lowest BCUT2D eigenvalue weighted by Crippen LogP contribution is -2.27. The van der Waals surface area contributed by atoms with Gasteiger partial charge in [0.05, 0.1) is 29.2 Å². The van der Waals surface area contributed by atoms with Crippen LogP contribution in [0, 0.1) is 0 Å². The Balaban J connectivity index is 1.93. The van der Waals surface area contributed by atoms with Crippen molar-refractivity contribution in [2.24, 2.45) is 0 Å². The molecule has 0 saturated carbocycles. The Bertz CT molecular complexity index is 871. The second-order valence-corrected chi connectivity index (χ2v) is 7.62. The topological polar surface area (TPSA) is 46.9 Å². The largest absolute Gasteiger partial charge is 0.345 e. The molecule has 1 aromatic carbocycles. The predicted molar refractivity (Wildman–Crippen MR) is 103 cm³/mol. The van der Waals surface area contributed by atoms with Gasteiger partial charge < -0.3 is 5.32 Å². The fourth-order valence-electron chi connectivity index (χ4n) is 2.79. The van der Waals surface area contributed by atoms with Gasteiger partial charge in [-0.1, -0.05) is 37.6 Å². The van der Waals surface area contributed by atoms with E-state index in [1.54, 1.807) is 22.2 Å². The molecule has 0 saturated heterocycles. The van der Waals surface area contributed by atoms with Gasteiger partial charge in [0.15, 0.2) is 0 Å². The van der Waals surface area contributed by atoms with Gasteiger partial charge in [-0.2, -0.15) is 5.10 Å². The highest BCUT2D eigenvalue weighted by atomic mass is 35.5. The molecule has 4 nitrogen and oxygen atoms in total. The van der Waals surface area contributed by atoms with Crippen LogP contribution in [0.4, 0.5) is 0 Å². The summed E-state index contributed by atoms with van der Waals surface area (Å²) in [6.45, 7) is 6.09. The Morgan fingerprint density at radius 1 is 1.24 bits per heavy atom. The Morgan fingerprint density at radius 2 is 2.04 bits per heavy atom. The van der Waals surface area contributed by atoms with Crippen molar-refractivity contribution >= 4 is 28.8 Å². The maximum atomic E-state index is 12.8. The standard InChI is InChI=1S/C19H20ClN3OS/c1-12(2)18-16(19(24)22-13(3)17-8-5-9-25-17)11-21-23(18)15-7-4-6-14(20)10-15/h4-13H,1-3H3,(H,22,24). The van der Waals surface area contributed by atoms with Crippen LogP contribution in [0.3, 0.4) is 0 Å². The third-order valence-electron chi connectivity index (χ3n) is 3.97. The SMILES string of the molecule is CC(C)c1c(C(=O)NC(C)c2cccs2)cnn1-c1cccc(Cl)c1. The first kappa shape index (κ1) is 17.7. The van der Waals surface area contributed by atoms with Crippen LogP contribution in [-0.4, -0.2) is 15.7 Å². The average Bonchev–Trinajstić information content (AvgIpc) is 3.24. The van der Waals surface area contributed by atoms with Crippen LogP contribution in [0.1, 0.15) is 53.7 Å². The Morgan fingerprint density at radius 3 is 2.68 bits per heavy atom. The number of carbonyl (C=O) groups excluding carboxylic acids is 1. The molecular weight excluding hydrogens is 354 g/mol. The molecular formula is C19H20ClN3OS. The van der Waals surface area contributed by atoms with Gasteiger partial charge in [-0.25, -0.2) is 4.68 Å². The summed E-state index contributed by atoms with van der Waals surface area (Å²) in [6.07, 6.45) is 1.63. The van der Waals surface area contributed by atoms with E-state index in [9.17, 15) is 4.79 Å². The van der Waals surface area contributed by atoms with Gasteiger partial charge in [0, 0.05) is 9.90 Å². The van der Waals surface area contributed by atoms with Crippen LogP contribution in [0.25, 0.3) is 5.69 Å². The van der Waals surface area contributed by atoms with Crippen molar-refractivity contribution in [2.45, 2.75) is 32.7 Å². The van der Waals surface area contributed by atoms with Gasteiger partial charge in [0.25, 0.3) is 5.91 Å². The third-order valence-corrected chi connectivity index (χ3v) is 5.26. The van der Waals surface area contributed by atoms with Crippen LogP contribution >= 0.6 is 22.9 Å². The summed E-state index contributed by atoms with van der Waals surface area (Å²) in [6, 6.07) is 11.4. The lowest BCUT2D eigenvalue weighted by Gasteiger charge is -2.15. The second-order valence-electron chi connectivity index (χ2n) is 6.20. The molecule has 6 heteroatoms. The van der Waals surface area contributed by atoms with Crippen molar-refractivity contribution in [1.82, 2.24) is 15.1 Å². The highest BCUT2D eigenvalue weighted by Crippen LogP contribution is 2.25. The van der Waals surface area contributed by atoms with E-state index in [0.29, 0.717) is 10.6 Å².